The summed E-state index contributed by atoms with van der Waals surface area (Å²) in [4.78, 5) is 10.4. The van der Waals surface area contributed by atoms with Gasteiger partial charge in [0, 0.05) is 6.20 Å². The van der Waals surface area contributed by atoms with E-state index in [4.69, 9.17) is 0 Å². The van der Waals surface area contributed by atoms with Gasteiger partial charge in [0.05, 0.1) is 0 Å². The van der Waals surface area contributed by atoms with Crippen molar-refractivity contribution in [1.29, 1.82) is 0 Å². The molecule has 0 saturated carbocycles. The average Bonchev–Trinajstić information content (AvgIpc) is 2.25. The number of unbranched alkanes of at least 4 members (excludes halogenated alkanes) is 6. The van der Waals surface area contributed by atoms with Crippen LogP contribution in [0.25, 0.3) is 0 Å². The maximum Gasteiger partial charge on any atom is 0.471 e. The molecule has 0 saturated heterocycles. The maximum atomic E-state index is 11.8. The summed E-state index contributed by atoms with van der Waals surface area (Å²) in [6, 6.07) is 0. The predicted molar refractivity (Wildman–Crippen MR) is 61.3 cm³/mol. The first-order valence-electron chi connectivity index (χ1n) is 6.01. The van der Waals surface area contributed by atoms with E-state index in [1.807, 2.05) is 0 Å². The molecule has 2 nitrogen and oxygen atoms in total. The highest BCUT2D eigenvalue weighted by Gasteiger charge is 2.37. The lowest BCUT2D eigenvalue weighted by Crippen LogP contribution is -2.33. The van der Waals surface area contributed by atoms with Crippen LogP contribution in [0, 0.1) is 0 Å². The molecule has 0 rings (SSSR count). The number of hydrogen-bond acceptors (Lipinski definition) is 1. The van der Waals surface area contributed by atoms with Gasteiger partial charge < -0.3 is 5.32 Å². The van der Waals surface area contributed by atoms with Gasteiger partial charge in [-0.15, -0.1) is 0 Å². The molecule has 0 atom stereocenters. The molecule has 1 N–H and O–H groups in total. The molecule has 17 heavy (non-hydrogen) atoms. The standard InChI is InChI=1S/C12H20F3NO/c1-2-3-4-5-6-7-8-9-10-16-11(17)12(13,14)15/h9-10H,2-8H2,1H3,(H,16,17). The van der Waals surface area contributed by atoms with E-state index >= 15 is 0 Å². The Morgan fingerprint density at radius 3 is 2.29 bits per heavy atom. The minimum atomic E-state index is -4.80. The second-order valence-corrected chi connectivity index (χ2v) is 3.93. The van der Waals surface area contributed by atoms with Crippen LogP contribution in [0.3, 0.4) is 0 Å². The second kappa shape index (κ2) is 9.07. The van der Waals surface area contributed by atoms with E-state index in [2.05, 4.69) is 6.92 Å². The molecule has 0 aliphatic heterocycles. The fourth-order valence-electron chi connectivity index (χ4n) is 1.34. The van der Waals surface area contributed by atoms with Crippen LogP contribution in [0.15, 0.2) is 12.3 Å². The number of rotatable bonds is 8. The first-order chi connectivity index (χ1) is 7.98. The fourth-order valence-corrected chi connectivity index (χ4v) is 1.34. The predicted octanol–water partition coefficient (Wildman–Crippen LogP) is 3.93. The number of carbonyl (C=O) groups excluding carboxylic acids is 1. The molecule has 0 aliphatic carbocycles. The van der Waals surface area contributed by atoms with Crippen LogP contribution in [0.2, 0.25) is 0 Å². The summed E-state index contributed by atoms with van der Waals surface area (Å²) >= 11 is 0. The van der Waals surface area contributed by atoms with Crippen molar-refractivity contribution in [2.24, 2.45) is 0 Å². The van der Waals surface area contributed by atoms with Crippen LogP contribution in [0.1, 0.15) is 51.9 Å². The monoisotopic (exact) mass is 251 g/mol. The van der Waals surface area contributed by atoms with Crippen LogP contribution in [0.4, 0.5) is 13.2 Å². The van der Waals surface area contributed by atoms with E-state index in [0.29, 0.717) is 6.42 Å². The highest BCUT2D eigenvalue weighted by atomic mass is 19.4. The molecule has 0 spiro atoms. The van der Waals surface area contributed by atoms with Gasteiger partial charge in [-0.25, -0.2) is 0 Å². The number of amides is 1. The van der Waals surface area contributed by atoms with Gasteiger partial charge in [0.2, 0.25) is 0 Å². The number of nitrogens with one attached hydrogen (secondary N) is 1. The molecule has 0 aromatic heterocycles. The largest absolute Gasteiger partial charge is 0.471 e. The molecule has 0 radical (unpaired) electrons. The van der Waals surface area contributed by atoms with Gasteiger partial charge in [-0.05, 0) is 12.8 Å². The van der Waals surface area contributed by atoms with Gasteiger partial charge in [0.25, 0.3) is 0 Å². The van der Waals surface area contributed by atoms with Crippen molar-refractivity contribution >= 4 is 5.91 Å². The van der Waals surface area contributed by atoms with Gasteiger partial charge in [-0.3, -0.25) is 4.79 Å². The Bertz CT molecular complexity index is 236. The lowest BCUT2D eigenvalue weighted by Gasteiger charge is -2.03. The van der Waals surface area contributed by atoms with Crippen LogP contribution in [-0.2, 0) is 4.79 Å². The van der Waals surface area contributed by atoms with Gasteiger partial charge in [0.1, 0.15) is 0 Å². The zero-order valence-electron chi connectivity index (χ0n) is 10.1. The van der Waals surface area contributed by atoms with Crippen molar-refractivity contribution in [2.45, 2.75) is 58.0 Å². The number of alkyl halides is 3. The van der Waals surface area contributed by atoms with Crippen molar-refractivity contribution in [3.8, 4) is 0 Å². The molecular weight excluding hydrogens is 231 g/mol. The SMILES string of the molecule is CCCCCCCCC=CNC(=O)C(F)(F)F. The average molecular weight is 251 g/mol. The third-order valence-corrected chi connectivity index (χ3v) is 2.31. The lowest BCUT2D eigenvalue weighted by molar-refractivity contribution is -0.172. The van der Waals surface area contributed by atoms with Gasteiger partial charge >= 0.3 is 12.1 Å². The Balaban J connectivity index is 3.40. The third kappa shape index (κ3) is 9.90. The normalized spacial score (nSPS) is 12.0. The zero-order valence-corrected chi connectivity index (χ0v) is 10.1. The van der Waals surface area contributed by atoms with Crippen molar-refractivity contribution in [1.82, 2.24) is 5.32 Å². The van der Waals surface area contributed by atoms with Crippen molar-refractivity contribution in [2.75, 3.05) is 0 Å². The van der Waals surface area contributed by atoms with E-state index in [1.165, 1.54) is 19.3 Å². The van der Waals surface area contributed by atoms with E-state index in [-0.39, 0.29) is 0 Å². The Hall–Kier alpha value is -1.00. The molecule has 0 bridgehead atoms. The first kappa shape index (κ1) is 16.0. The molecule has 5 heteroatoms. The Kier molecular flexibility index (Phi) is 8.54. The maximum absolute atomic E-state index is 11.8. The van der Waals surface area contributed by atoms with Crippen LogP contribution in [-0.4, -0.2) is 12.1 Å². The highest BCUT2D eigenvalue weighted by molar-refractivity contribution is 5.82. The molecule has 0 unspecified atom stereocenters. The Morgan fingerprint density at radius 1 is 1.12 bits per heavy atom. The molecule has 0 aliphatic rings. The van der Waals surface area contributed by atoms with Crippen LogP contribution >= 0.6 is 0 Å². The summed E-state index contributed by atoms with van der Waals surface area (Å²) < 4.78 is 35.3. The molecular formula is C12H20F3NO. The molecule has 0 aromatic carbocycles. The summed E-state index contributed by atoms with van der Waals surface area (Å²) in [6.45, 7) is 2.14. The topological polar surface area (TPSA) is 29.1 Å². The summed E-state index contributed by atoms with van der Waals surface area (Å²) in [6.07, 6.45) is 5.36. The summed E-state index contributed by atoms with van der Waals surface area (Å²) in [5, 5.41) is 1.69. The third-order valence-electron chi connectivity index (χ3n) is 2.31. The number of halogens is 3. The van der Waals surface area contributed by atoms with Crippen LogP contribution < -0.4 is 5.32 Å². The van der Waals surface area contributed by atoms with Crippen molar-refractivity contribution in [3.05, 3.63) is 12.3 Å². The highest BCUT2D eigenvalue weighted by Crippen LogP contribution is 2.14. The van der Waals surface area contributed by atoms with Crippen molar-refractivity contribution in [3.63, 3.8) is 0 Å². The Morgan fingerprint density at radius 2 is 1.71 bits per heavy atom. The summed E-state index contributed by atoms with van der Waals surface area (Å²) in [7, 11) is 0. The van der Waals surface area contributed by atoms with Gasteiger partial charge in [-0.2, -0.15) is 13.2 Å². The zero-order chi connectivity index (χ0) is 13.1. The van der Waals surface area contributed by atoms with E-state index < -0.39 is 12.1 Å². The van der Waals surface area contributed by atoms with E-state index in [9.17, 15) is 18.0 Å². The van der Waals surface area contributed by atoms with E-state index in [0.717, 1.165) is 25.5 Å². The fraction of sp³-hybridized carbons (Fsp3) is 0.750. The minimum Gasteiger partial charge on any atom is -0.325 e. The minimum absolute atomic E-state index is 0.699. The smallest absolute Gasteiger partial charge is 0.325 e. The number of carbonyl (C=O) groups is 1. The van der Waals surface area contributed by atoms with Gasteiger partial charge in [0.15, 0.2) is 0 Å². The second-order valence-electron chi connectivity index (χ2n) is 3.93. The quantitative estimate of drug-likeness (QED) is 0.651. The Labute approximate surface area is 100 Å². The van der Waals surface area contributed by atoms with E-state index in [1.54, 1.807) is 11.4 Å². The van der Waals surface area contributed by atoms with Crippen LogP contribution in [0.5, 0.6) is 0 Å². The van der Waals surface area contributed by atoms with Gasteiger partial charge in [-0.1, -0.05) is 45.1 Å². The number of allylic oxidation sites excluding steroid dienone is 1. The molecule has 0 fully saturated rings. The lowest BCUT2D eigenvalue weighted by atomic mass is 10.1. The van der Waals surface area contributed by atoms with Crippen molar-refractivity contribution < 1.29 is 18.0 Å². The first-order valence-corrected chi connectivity index (χ1v) is 6.01. The summed E-state index contributed by atoms with van der Waals surface area (Å²) in [5.41, 5.74) is 0. The molecule has 100 valence electrons. The molecule has 1 amide bonds. The molecule has 0 heterocycles. The molecule has 0 aromatic rings. The number of hydrogen-bond donors (Lipinski definition) is 1. The summed E-state index contributed by atoms with van der Waals surface area (Å²) in [5.74, 6) is -1.92.